The molecule has 0 saturated carbocycles. The molecule has 20 heavy (non-hydrogen) atoms. The topological polar surface area (TPSA) is 80.9 Å². The van der Waals surface area contributed by atoms with Crippen LogP contribution in [0, 0.1) is 0 Å². The summed E-state index contributed by atoms with van der Waals surface area (Å²) in [6, 6.07) is 6.04. The molecule has 0 saturated heterocycles. The summed E-state index contributed by atoms with van der Waals surface area (Å²) in [5.74, 6) is 0.0258. The van der Waals surface area contributed by atoms with E-state index in [2.05, 4.69) is 29.1 Å². The first-order valence-electron chi connectivity index (χ1n) is 6.65. The lowest BCUT2D eigenvalue weighted by atomic mass is 10.0. The Balaban J connectivity index is 2.29. The molecule has 5 heteroatoms. The van der Waals surface area contributed by atoms with Gasteiger partial charge in [0.2, 0.25) is 0 Å². The molecule has 0 fully saturated rings. The van der Waals surface area contributed by atoms with Gasteiger partial charge < -0.3 is 11.1 Å². The SMILES string of the molecule is CCc1cccc(CC)c1NC(=O)c1cnc(N)cn1. The summed E-state index contributed by atoms with van der Waals surface area (Å²) in [5.41, 5.74) is 8.82. The second-order valence-corrected chi connectivity index (χ2v) is 4.44. The van der Waals surface area contributed by atoms with Gasteiger partial charge in [0.15, 0.2) is 0 Å². The number of para-hydroxylation sites is 1. The number of anilines is 2. The maximum absolute atomic E-state index is 12.2. The van der Waals surface area contributed by atoms with Crippen LogP contribution in [-0.2, 0) is 12.8 Å². The molecule has 0 bridgehead atoms. The fraction of sp³-hybridized carbons (Fsp3) is 0.267. The van der Waals surface area contributed by atoms with E-state index in [9.17, 15) is 4.79 Å². The molecule has 2 aromatic rings. The highest BCUT2D eigenvalue weighted by molar-refractivity contribution is 6.03. The number of carbonyl (C=O) groups is 1. The summed E-state index contributed by atoms with van der Waals surface area (Å²) in [4.78, 5) is 20.1. The van der Waals surface area contributed by atoms with E-state index in [4.69, 9.17) is 5.73 Å². The molecular formula is C15H18N4O. The Kier molecular flexibility index (Phi) is 4.30. The number of nitrogens with zero attached hydrogens (tertiary/aromatic N) is 2. The van der Waals surface area contributed by atoms with E-state index < -0.39 is 0 Å². The van der Waals surface area contributed by atoms with E-state index in [0.717, 1.165) is 29.7 Å². The second-order valence-electron chi connectivity index (χ2n) is 4.44. The number of carbonyl (C=O) groups excluding carboxylic acids is 1. The summed E-state index contributed by atoms with van der Waals surface area (Å²) in [6.45, 7) is 4.13. The monoisotopic (exact) mass is 270 g/mol. The van der Waals surface area contributed by atoms with Gasteiger partial charge >= 0.3 is 0 Å². The number of hydrogen-bond acceptors (Lipinski definition) is 4. The van der Waals surface area contributed by atoms with E-state index >= 15 is 0 Å². The third-order valence-corrected chi connectivity index (χ3v) is 3.14. The number of nitrogen functional groups attached to an aromatic ring is 1. The first-order valence-corrected chi connectivity index (χ1v) is 6.65. The lowest BCUT2D eigenvalue weighted by molar-refractivity contribution is 0.102. The molecule has 0 aliphatic heterocycles. The van der Waals surface area contributed by atoms with Crippen molar-refractivity contribution < 1.29 is 4.79 Å². The van der Waals surface area contributed by atoms with Gasteiger partial charge in [0, 0.05) is 5.69 Å². The molecule has 1 heterocycles. The average Bonchev–Trinajstić information content (AvgIpc) is 2.48. The zero-order valence-corrected chi connectivity index (χ0v) is 11.7. The van der Waals surface area contributed by atoms with E-state index in [1.807, 2.05) is 18.2 Å². The van der Waals surface area contributed by atoms with E-state index in [1.54, 1.807) is 0 Å². The average molecular weight is 270 g/mol. The van der Waals surface area contributed by atoms with Crippen molar-refractivity contribution >= 4 is 17.4 Å². The number of rotatable bonds is 4. The fourth-order valence-corrected chi connectivity index (χ4v) is 2.04. The highest BCUT2D eigenvalue weighted by Crippen LogP contribution is 2.23. The van der Waals surface area contributed by atoms with Crippen LogP contribution in [0.3, 0.4) is 0 Å². The van der Waals surface area contributed by atoms with Crippen LogP contribution in [-0.4, -0.2) is 15.9 Å². The maximum Gasteiger partial charge on any atom is 0.275 e. The lowest BCUT2D eigenvalue weighted by Gasteiger charge is -2.14. The summed E-state index contributed by atoms with van der Waals surface area (Å²) in [6.07, 6.45) is 4.47. The summed E-state index contributed by atoms with van der Waals surface area (Å²) < 4.78 is 0. The Morgan fingerprint density at radius 1 is 1.15 bits per heavy atom. The number of hydrogen-bond donors (Lipinski definition) is 2. The second kappa shape index (κ2) is 6.14. The number of benzene rings is 1. The van der Waals surface area contributed by atoms with Crippen molar-refractivity contribution in [1.29, 1.82) is 0 Å². The van der Waals surface area contributed by atoms with E-state index in [1.165, 1.54) is 12.4 Å². The molecule has 0 radical (unpaired) electrons. The molecule has 1 aromatic carbocycles. The smallest absolute Gasteiger partial charge is 0.275 e. The van der Waals surface area contributed by atoms with Gasteiger partial charge in [0.25, 0.3) is 5.91 Å². The number of amides is 1. The van der Waals surface area contributed by atoms with Gasteiger partial charge in [-0.1, -0.05) is 32.0 Å². The standard InChI is InChI=1S/C15H18N4O/c1-3-10-6-5-7-11(4-2)14(10)19-15(20)12-8-18-13(16)9-17-12/h5-9H,3-4H2,1-2H3,(H2,16,18)(H,19,20). The minimum absolute atomic E-state index is 0.257. The van der Waals surface area contributed by atoms with Crippen LogP contribution in [0.4, 0.5) is 11.5 Å². The highest BCUT2D eigenvalue weighted by atomic mass is 16.1. The van der Waals surface area contributed by atoms with E-state index in [-0.39, 0.29) is 11.6 Å². The molecule has 5 nitrogen and oxygen atoms in total. The van der Waals surface area contributed by atoms with Gasteiger partial charge in [0.1, 0.15) is 11.5 Å². The molecule has 0 atom stereocenters. The van der Waals surface area contributed by atoms with Gasteiger partial charge in [-0.05, 0) is 24.0 Å². The predicted molar refractivity (Wildman–Crippen MR) is 79.6 cm³/mol. The van der Waals surface area contributed by atoms with Crippen molar-refractivity contribution in [2.75, 3.05) is 11.1 Å². The molecule has 0 unspecified atom stereocenters. The molecule has 0 spiro atoms. The van der Waals surface area contributed by atoms with Gasteiger partial charge in [0.05, 0.1) is 12.4 Å². The van der Waals surface area contributed by atoms with Crippen LogP contribution >= 0.6 is 0 Å². The molecule has 3 N–H and O–H groups in total. The van der Waals surface area contributed by atoms with Gasteiger partial charge in [-0.15, -0.1) is 0 Å². The number of aryl methyl sites for hydroxylation is 2. The van der Waals surface area contributed by atoms with Gasteiger partial charge in [-0.3, -0.25) is 4.79 Å². The highest BCUT2D eigenvalue weighted by Gasteiger charge is 2.12. The van der Waals surface area contributed by atoms with Crippen LogP contribution < -0.4 is 11.1 Å². The molecule has 2 rings (SSSR count). The Bertz CT molecular complexity index is 586. The van der Waals surface area contributed by atoms with Gasteiger partial charge in [-0.25, -0.2) is 9.97 Å². The number of aromatic nitrogens is 2. The molecule has 1 aromatic heterocycles. The molecule has 0 aliphatic carbocycles. The minimum atomic E-state index is -0.270. The van der Waals surface area contributed by atoms with E-state index in [0.29, 0.717) is 5.82 Å². The van der Waals surface area contributed by atoms with Crippen LogP contribution in [0.1, 0.15) is 35.5 Å². The third-order valence-electron chi connectivity index (χ3n) is 3.14. The Labute approximate surface area is 118 Å². The van der Waals surface area contributed by atoms with Crippen molar-refractivity contribution in [1.82, 2.24) is 9.97 Å². The Morgan fingerprint density at radius 2 is 1.80 bits per heavy atom. The van der Waals surface area contributed by atoms with Crippen LogP contribution in [0.15, 0.2) is 30.6 Å². The largest absolute Gasteiger partial charge is 0.382 e. The van der Waals surface area contributed by atoms with Gasteiger partial charge in [-0.2, -0.15) is 0 Å². The van der Waals surface area contributed by atoms with Crippen molar-refractivity contribution in [2.45, 2.75) is 26.7 Å². The van der Waals surface area contributed by atoms with Crippen LogP contribution in [0.25, 0.3) is 0 Å². The van der Waals surface area contributed by atoms with Crippen LogP contribution in [0.5, 0.6) is 0 Å². The Morgan fingerprint density at radius 3 is 2.30 bits per heavy atom. The summed E-state index contributed by atoms with van der Waals surface area (Å²) in [5, 5.41) is 2.93. The summed E-state index contributed by atoms with van der Waals surface area (Å²) in [7, 11) is 0. The van der Waals surface area contributed by atoms with Crippen molar-refractivity contribution in [3.05, 3.63) is 47.4 Å². The van der Waals surface area contributed by atoms with Crippen molar-refractivity contribution in [2.24, 2.45) is 0 Å². The fourth-order valence-electron chi connectivity index (χ4n) is 2.04. The minimum Gasteiger partial charge on any atom is -0.382 e. The maximum atomic E-state index is 12.2. The normalized spacial score (nSPS) is 10.3. The van der Waals surface area contributed by atoms with Crippen LogP contribution in [0.2, 0.25) is 0 Å². The van der Waals surface area contributed by atoms with Crippen molar-refractivity contribution in [3.8, 4) is 0 Å². The molecule has 0 aliphatic rings. The predicted octanol–water partition coefficient (Wildman–Crippen LogP) is 2.44. The number of nitrogens with two attached hydrogens (primary N) is 1. The quantitative estimate of drug-likeness (QED) is 0.894. The molecule has 1 amide bonds. The van der Waals surface area contributed by atoms with Crippen molar-refractivity contribution in [3.63, 3.8) is 0 Å². The third kappa shape index (κ3) is 2.93. The zero-order chi connectivity index (χ0) is 14.5. The molecule has 104 valence electrons. The summed E-state index contributed by atoms with van der Waals surface area (Å²) >= 11 is 0. The number of nitrogens with one attached hydrogen (secondary N) is 1. The molecular weight excluding hydrogens is 252 g/mol. The first-order chi connectivity index (χ1) is 9.65. The zero-order valence-electron chi connectivity index (χ0n) is 11.7. The lowest BCUT2D eigenvalue weighted by Crippen LogP contribution is -2.16. The first kappa shape index (κ1) is 14.0. The Hall–Kier alpha value is -2.43.